The molecule has 0 N–H and O–H groups in total. The summed E-state index contributed by atoms with van der Waals surface area (Å²) in [5, 5.41) is 8.85. The van der Waals surface area contributed by atoms with E-state index < -0.39 is 28.1 Å². The van der Waals surface area contributed by atoms with Crippen molar-refractivity contribution in [2.75, 3.05) is 19.8 Å². The number of ether oxygens (including phenoxy) is 1. The second kappa shape index (κ2) is 14.2. The van der Waals surface area contributed by atoms with Crippen molar-refractivity contribution in [1.82, 2.24) is 4.67 Å². The molecule has 1 heterocycles. The van der Waals surface area contributed by atoms with Crippen molar-refractivity contribution in [3.63, 3.8) is 0 Å². The summed E-state index contributed by atoms with van der Waals surface area (Å²) in [5.74, 6) is -1.76. The lowest BCUT2D eigenvalue weighted by Crippen LogP contribution is -2.36. The molecule has 0 spiro atoms. The smallest absolute Gasteiger partial charge is 0.364 e. The first-order valence-corrected chi connectivity index (χ1v) is 13.8. The molecule has 1 rings (SSSR count). The highest BCUT2D eigenvalue weighted by atomic mass is 31.2. The van der Waals surface area contributed by atoms with Crippen molar-refractivity contribution in [2.45, 2.75) is 97.0 Å². The summed E-state index contributed by atoms with van der Waals surface area (Å²) < 4.78 is 58.1. The average molecular weight is 482 g/mol. The van der Waals surface area contributed by atoms with Crippen LogP contribution in [0, 0.1) is 11.3 Å². The number of halogens is 1. The molecule has 1 fully saturated rings. The van der Waals surface area contributed by atoms with Gasteiger partial charge in [-0.25, -0.2) is 9.06 Å². The normalized spacial score (nSPS) is 24.1. The molecule has 0 radical (unpaired) electrons. The molecule has 0 aromatic rings. The lowest BCUT2D eigenvalue weighted by molar-refractivity contribution is 0.0475. The maximum absolute atomic E-state index is 14.8. The fourth-order valence-electron chi connectivity index (χ4n) is 3.49. The van der Waals surface area contributed by atoms with Crippen LogP contribution in [0.25, 0.3) is 0 Å². The molecule has 1 aliphatic heterocycles. The van der Waals surface area contributed by atoms with E-state index in [1.54, 1.807) is 13.8 Å². The van der Waals surface area contributed by atoms with Gasteiger partial charge in [0.1, 0.15) is 7.85 Å². The van der Waals surface area contributed by atoms with Crippen LogP contribution in [-0.4, -0.2) is 68.5 Å². The van der Waals surface area contributed by atoms with Gasteiger partial charge in [0, 0.05) is 24.9 Å². The van der Waals surface area contributed by atoms with Crippen LogP contribution in [0.3, 0.4) is 0 Å². The largest absolute Gasteiger partial charge is 0.381 e. The summed E-state index contributed by atoms with van der Waals surface area (Å²) in [4.78, 5) is 0. The van der Waals surface area contributed by atoms with Gasteiger partial charge in [-0.15, -0.1) is 0 Å². The molecule has 0 aromatic heterocycles. The molecule has 0 amide bonds. The Morgan fingerprint density at radius 1 is 1.26 bits per heavy atom. The lowest BCUT2D eigenvalue weighted by Gasteiger charge is -2.37. The van der Waals surface area contributed by atoms with Crippen molar-refractivity contribution in [3.05, 3.63) is 0 Å². The number of nitriles is 1. The van der Waals surface area contributed by atoms with Crippen molar-refractivity contribution >= 4 is 24.0 Å². The van der Waals surface area contributed by atoms with E-state index in [1.807, 2.05) is 7.85 Å². The van der Waals surface area contributed by atoms with Crippen LogP contribution in [0.5, 0.6) is 0 Å². The predicted octanol–water partition coefficient (Wildman–Crippen LogP) is 4.35. The van der Waals surface area contributed by atoms with Gasteiger partial charge in [0.2, 0.25) is 5.91 Å². The minimum Gasteiger partial charge on any atom is -0.381 e. The van der Waals surface area contributed by atoms with Gasteiger partial charge in [-0.1, -0.05) is 0 Å². The third-order valence-corrected chi connectivity index (χ3v) is 9.02. The lowest BCUT2D eigenvalue weighted by atomic mass is 9.94. The van der Waals surface area contributed by atoms with Gasteiger partial charge in [0.05, 0.1) is 50.5 Å². The minimum atomic E-state index is -3.84. The summed E-state index contributed by atoms with van der Waals surface area (Å²) in [6.45, 7) is 12.1. The van der Waals surface area contributed by atoms with Gasteiger partial charge in [-0.05, 0) is 41.5 Å². The van der Waals surface area contributed by atoms with Gasteiger partial charge in [-0.3, -0.25) is 4.57 Å². The van der Waals surface area contributed by atoms with E-state index in [1.165, 1.54) is 0 Å². The van der Waals surface area contributed by atoms with Gasteiger partial charge in [0.15, 0.2) is 0 Å². The number of nitrogens with zero attached hydrogens (tertiary/aromatic N) is 2. The maximum atomic E-state index is 14.8. The Morgan fingerprint density at radius 3 is 2.32 bits per heavy atom. The van der Waals surface area contributed by atoms with Crippen molar-refractivity contribution < 1.29 is 31.8 Å². The molecule has 31 heavy (non-hydrogen) atoms. The van der Waals surface area contributed by atoms with E-state index in [0.717, 1.165) is 0 Å². The second-order valence-corrected chi connectivity index (χ2v) is 11.5. The second-order valence-electron chi connectivity index (χ2n) is 7.94. The summed E-state index contributed by atoms with van der Waals surface area (Å²) >= 11 is 0. The van der Waals surface area contributed by atoms with E-state index in [-0.39, 0.29) is 56.9 Å². The van der Waals surface area contributed by atoms with Gasteiger partial charge >= 0.3 is 7.60 Å². The summed E-state index contributed by atoms with van der Waals surface area (Å²) in [6.07, 6.45) is -0.133. The SMILES string of the molecule is B[C@@H]1O[C@H](CC(F)P(=O)(OCC)OCC)CC1OP(OCCC#N)N(C(C)C)C(C)C. The maximum Gasteiger partial charge on any atom is 0.364 e. The van der Waals surface area contributed by atoms with E-state index in [4.69, 9.17) is 28.1 Å². The molecule has 5 atom stereocenters. The summed E-state index contributed by atoms with van der Waals surface area (Å²) in [5.41, 5.74) is 0. The quantitative estimate of drug-likeness (QED) is 0.193. The highest BCUT2D eigenvalue weighted by Crippen LogP contribution is 2.56. The third-order valence-electron chi connectivity index (χ3n) is 4.73. The molecule has 180 valence electrons. The Hall–Kier alpha value is -0.0951. The fraction of sp³-hybridized carbons (Fsp3) is 0.947. The summed E-state index contributed by atoms with van der Waals surface area (Å²) in [6, 6.07) is 2.17. The Kier molecular flexibility index (Phi) is 13.3. The van der Waals surface area contributed by atoms with Gasteiger partial charge in [-0.2, -0.15) is 5.26 Å². The van der Waals surface area contributed by atoms with Gasteiger partial charge in [0.25, 0.3) is 8.53 Å². The monoisotopic (exact) mass is 482 g/mol. The van der Waals surface area contributed by atoms with Crippen LogP contribution in [0.15, 0.2) is 0 Å². The zero-order chi connectivity index (χ0) is 23.6. The topological polar surface area (TPSA) is 90.3 Å². The fourth-order valence-corrected chi connectivity index (χ4v) is 6.90. The molecular weight excluding hydrogens is 444 g/mol. The van der Waals surface area contributed by atoms with Crippen LogP contribution >= 0.6 is 16.1 Å². The zero-order valence-corrected chi connectivity index (χ0v) is 21.6. The van der Waals surface area contributed by atoms with E-state index in [0.29, 0.717) is 6.42 Å². The number of hydrogen-bond donors (Lipinski definition) is 0. The molecule has 0 aliphatic carbocycles. The van der Waals surface area contributed by atoms with Crippen molar-refractivity contribution in [3.8, 4) is 6.07 Å². The molecule has 1 saturated heterocycles. The average Bonchev–Trinajstić information content (AvgIpc) is 3.00. The van der Waals surface area contributed by atoms with E-state index in [9.17, 15) is 8.96 Å². The Labute approximate surface area is 189 Å². The molecule has 3 unspecified atom stereocenters. The van der Waals surface area contributed by atoms with Crippen LogP contribution in [0.1, 0.15) is 60.8 Å². The third kappa shape index (κ3) is 8.99. The van der Waals surface area contributed by atoms with Crippen LogP contribution in [-0.2, 0) is 27.4 Å². The van der Waals surface area contributed by atoms with Crippen LogP contribution < -0.4 is 0 Å². The Morgan fingerprint density at radius 2 is 1.84 bits per heavy atom. The molecular formula is C19H38BFN2O6P2. The molecule has 8 nitrogen and oxygen atoms in total. The molecule has 0 saturated carbocycles. The number of alkyl halides is 1. The molecule has 1 aliphatic rings. The molecule has 0 aromatic carbocycles. The molecule has 0 bridgehead atoms. The first kappa shape index (κ1) is 28.9. The van der Waals surface area contributed by atoms with Crippen molar-refractivity contribution in [1.29, 1.82) is 5.26 Å². The molecule has 12 heteroatoms. The van der Waals surface area contributed by atoms with Crippen LogP contribution in [0.2, 0.25) is 0 Å². The highest BCUT2D eigenvalue weighted by molar-refractivity contribution is 7.54. The summed E-state index contributed by atoms with van der Waals surface area (Å²) in [7, 11) is -3.38. The minimum absolute atomic E-state index is 0.0905. The van der Waals surface area contributed by atoms with E-state index >= 15 is 0 Å². The standard InChI is InChI=1S/C19H38BFN2O6P2/c1-7-26-31(24,27-8-2)18(21)13-16-12-17(19(20)28-16)29-30(25-11-9-10-22)23(14(3)4)15(5)6/h14-19H,7-9,11-13,20H2,1-6H3/t16-,17?,18?,19+,30?/m0/s1. The van der Waals surface area contributed by atoms with Crippen LogP contribution in [0.4, 0.5) is 4.39 Å². The first-order valence-electron chi connectivity index (χ1n) is 11.0. The van der Waals surface area contributed by atoms with Crippen molar-refractivity contribution in [2.24, 2.45) is 0 Å². The number of rotatable bonds is 15. The zero-order valence-electron chi connectivity index (χ0n) is 19.8. The predicted molar refractivity (Wildman–Crippen MR) is 122 cm³/mol. The van der Waals surface area contributed by atoms with Gasteiger partial charge < -0.3 is 22.8 Å². The first-order chi connectivity index (χ1) is 14.6. The van der Waals surface area contributed by atoms with E-state index in [2.05, 4.69) is 38.4 Å². The number of hydrogen-bond acceptors (Lipinski definition) is 8. The Bertz CT molecular complexity index is 594. The highest BCUT2D eigenvalue weighted by Gasteiger charge is 2.43. The Balaban J connectivity index is 2.83.